The molecule has 1 aromatic carbocycles. The average Bonchev–Trinajstić information content (AvgIpc) is 3.52. The minimum absolute atomic E-state index is 0.0285. The largest absolute Gasteiger partial charge is 0.497 e. The average molecular weight is 416 g/mol. The van der Waals surface area contributed by atoms with Gasteiger partial charge in [0.1, 0.15) is 18.8 Å². The molecule has 1 atom stereocenters. The standard InChI is InChI=1S/C19H23F3N2O5/c1-12(13-3-4-13)24(11-19(20,21)22)16(25)10-29-17(26)9-23-18(27)14-5-7-15(28-2)8-6-14/h5-8,12-13H,3-4,9-11H2,1-2H3,(H,23,27). The lowest BCUT2D eigenvalue weighted by Crippen LogP contribution is -2.47. The molecule has 1 aliphatic carbocycles. The zero-order valence-corrected chi connectivity index (χ0v) is 16.1. The second-order valence-electron chi connectivity index (χ2n) is 6.79. The van der Waals surface area contributed by atoms with Crippen molar-refractivity contribution in [2.75, 3.05) is 26.8 Å². The van der Waals surface area contributed by atoms with Crippen molar-refractivity contribution in [3.63, 3.8) is 0 Å². The number of halogens is 3. The van der Waals surface area contributed by atoms with Crippen molar-refractivity contribution in [1.29, 1.82) is 0 Å². The summed E-state index contributed by atoms with van der Waals surface area (Å²) in [6.45, 7) is -1.17. The van der Waals surface area contributed by atoms with E-state index in [0.717, 1.165) is 12.8 Å². The van der Waals surface area contributed by atoms with Crippen molar-refractivity contribution >= 4 is 17.8 Å². The third-order valence-corrected chi connectivity index (χ3v) is 4.57. The Morgan fingerprint density at radius 2 is 1.83 bits per heavy atom. The molecule has 2 amide bonds. The van der Waals surface area contributed by atoms with Crippen molar-refractivity contribution in [3.05, 3.63) is 29.8 Å². The number of rotatable bonds is 9. The zero-order valence-electron chi connectivity index (χ0n) is 16.1. The summed E-state index contributed by atoms with van der Waals surface area (Å²) in [5.74, 6) is -1.80. The van der Waals surface area contributed by atoms with Crippen LogP contribution in [0.4, 0.5) is 13.2 Å². The molecule has 10 heteroatoms. The summed E-state index contributed by atoms with van der Waals surface area (Å²) in [6, 6.07) is 5.55. The fourth-order valence-corrected chi connectivity index (χ4v) is 2.76. The molecular formula is C19H23F3N2O5. The van der Waals surface area contributed by atoms with Crippen LogP contribution in [0.15, 0.2) is 24.3 Å². The van der Waals surface area contributed by atoms with E-state index < -0.39 is 49.7 Å². The topological polar surface area (TPSA) is 84.9 Å². The minimum Gasteiger partial charge on any atom is -0.497 e. The first kappa shape index (κ1) is 22.5. The molecule has 0 radical (unpaired) electrons. The molecule has 0 heterocycles. The molecule has 0 saturated heterocycles. The van der Waals surface area contributed by atoms with Gasteiger partial charge in [0.05, 0.1) is 7.11 Å². The smallest absolute Gasteiger partial charge is 0.406 e. The van der Waals surface area contributed by atoms with E-state index in [9.17, 15) is 27.6 Å². The number of nitrogens with one attached hydrogen (secondary N) is 1. The highest BCUT2D eigenvalue weighted by molar-refractivity contribution is 5.96. The Kier molecular flexibility index (Phi) is 7.46. The SMILES string of the molecule is COc1ccc(C(=O)NCC(=O)OCC(=O)N(CC(F)(F)F)C(C)C2CC2)cc1. The van der Waals surface area contributed by atoms with Crippen LogP contribution < -0.4 is 10.1 Å². The van der Waals surface area contributed by atoms with Gasteiger partial charge >= 0.3 is 12.1 Å². The lowest BCUT2D eigenvalue weighted by Gasteiger charge is -2.30. The van der Waals surface area contributed by atoms with Crippen LogP contribution in [-0.4, -0.2) is 61.7 Å². The Balaban J connectivity index is 1.81. The highest BCUT2D eigenvalue weighted by atomic mass is 19.4. The number of carbonyl (C=O) groups is 3. The van der Waals surface area contributed by atoms with Crippen molar-refractivity contribution in [2.24, 2.45) is 5.92 Å². The van der Waals surface area contributed by atoms with Crippen LogP contribution in [0.3, 0.4) is 0 Å². The van der Waals surface area contributed by atoms with Gasteiger partial charge in [-0.15, -0.1) is 0 Å². The number of carbonyl (C=O) groups excluding carboxylic acids is 3. The van der Waals surface area contributed by atoms with Crippen LogP contribution in [0.1, 0.15) is 30.1 Å². The molecular weight excluding hydrogens is 393 g/mol. The predicted molar refractivity (Wildman–Crippen MR) is 96.2 cm³/mol. The molecule has 1 N–H and O–H groups in total. The van der Waals surface area contributed by atoms with Gasteiger partial charge in [0.15, 0.2) is 6.61 Å². The Morgan fingerprint density at radius 1 is 1.21 bits per heavy atom. The van der Waals surface area contributed by atoms with Crippen LogP contribution in [0.2, 0.25) is 0 Å². The summed E-state index contributed by atoms with van der Waals surface area (Å²) in [7, 11) is 1.48. The van der Waals surface area contributed by atoms with Crippen LogP contribution in [-0.2, 0) is 14.3 Å². The lowest BCUT2D eigenvalue weighted by molar-refractivity contribution is -0.170. The molecule has 1 saturated carbocycles. The van der Waals surface area contributed by atoms with E-state index in [0.29, 0.717) is 10.6 Å². The Hall–Kier alpha value is -2.78. The van der Waals surface area contributed by atoms with Gasteiger partial charge in [0, 0.05) is 11.6 Å². The summed E-state index contributed by atoms with van der Waals surface area (Å²) in [4.78, 5) is 36.6. The highest BCUT2D eigenvalue weighted by Crippen LogP contribution is 2.36. The summed E-state index contributed by atoms with van der Waals surface area (Å²) in [6.07, 6.45) is -3.02. The molecule has 0 spiro atoms. The number of benzene rings is 1. The van der Waals surface area contributed by atoms with Gasteiger partial charge in [-0.1, -0.05) is 0 Å². The van der Waals surface area contributed by atoms with Crippen LogP contribution in [0.25, 0.3) is 0 Å². The van der Waals surface area contributed by atoms with Gasteiger partial charge in [-0.25, -0.2) is 0 Å². The molecule has 0 aliphatic heterocycles. The van der Waals surface area contributed by atoms with Crippen LogP contribution in [0.5, 0.6) is 5.75 Å². The summed E-state index contributed by atoms with van der Waals surface area (Å²) in [5.41, 5.74) is 0.282. The lowest BCUT2D eigenvalue weighted by atomic mass is 10.2. The first-order chi connectivity index (χ1) is 13.6. The first-order valence-electron chi connectivity index (χ1n) is 9.05. The third-order valence-electron chi connectivity index (χ3n) is 4.57. The molecule has 1 aromatic rings. The Bertz CT molecular complexity index is 732. The summed E-state index contributed by atoms with van der Waals surface area (Å²) in [5, 5.41) is 2.32. The van der Waals surface area contributed by atoms with Gasteiger partial charge in [0.25, 0.3) is 11.8 Å². The van der Waals surface area contributed by atoms with E-state index in [2.05, 4.69) is 5.32 Å². The minimum atomic E-state index is -4.55. The summed E-state index contributed by atoms with van der Waals surface area (Å²) < 4.78 is 48.0. The zero-order chi connectivity index (χ0) is 21.6. The molecule has 1 fully saturated rings. The third kappa shape index (κ3) is 7.28. The van der Waals surface area contributed by atoms with Crippen LogP contribution in [0, 0.1) is 5.92 Å². The normalized spacial score (nSPS) is 14.7. The van der Waals surface area contributed by atoms with E-state index in [-0.39, 0.29) is 11.5 Å². The Labute approximate surface area is 166 Å². The van der Waals surface area contributed by atoms with Gasteiger partial charge in [-0.2, -0.15) is 13.2 Å². The number of hydrogen-bond acceptors (Lipinski definition) is 5. The fourth-order valence-electron chi connectivity index (χ4n) is 2.76. The predicted octanol–water partition coefficient (Wildman–Crippen LogP) is 2.16. The Morgan fingerprint density at radius 3 is 2.34 bits per heavy atom. The molecule has 2 rings (SSSR count). The van der Waals surface area contributed by atoms with Crippen molar-refractivity contribution in [3.8, 4) is 5.75 Å². The quantitative estimate of drug-likeness (QED) is 0.624. The number of alkyl halides is 3. The highest BCUT2D eigenvalue weighted by Gasteiger charge is 2.40. The first-order valence-corrected chi connectivity index (χ1v) is 9.05. The van der Waals surface area contributed by atoms with Gasteiger partial charge in [-0.05, 0) is 49.9 Å². The second kappa shape index (κ2) is 9.62. The fraction of sp³-hybridized carbons (Fsp3) is 0.526. The van der Waals surface area contributed by atoms with Gasteiger partial charge < -0.3 is 19.7 Å². The molecule has 7 nitrogen and oxygen atoms in total. The molecule has 0 aromatic heterocycles. The number of hydrogen-bond donors (Lipinski definition) is 1. The number of ether oxygens (including phenoxy) is 2. The van der Waals surface area contributed by atoms with E-state index in [1.165, 1.54) is 19.2 Å². The molecule has 160 valence electrons. The van der Waals surface area contributed by atoms with Crippen LogP contribution >= 0.6 is 0 Å². The van der Waals surface area contributed by atoms with Gasteiger partial charge in [-0.3, -0.25) is 14.4 Å². The molecule has 29 heavy (non-hydrogen) atoms. The maximum atomic E-state index is 12.8. The maximum Gasteiger partial charge on any atom is 0.406 e. The van der Waals surface area contributed by atoms with E-state index >= 15 is 0 Å². The van der Waals surface area contributed by atoms with Crippen molar-refractivity contribution in [1.82, 2.24) is 10.2 Å². The number of amides is 2. The summed E-state index contributed by atoms with van der Waals surface area (Å²) >= 11 is 0. The van der Waals surface area contributed by atoms with Crippen molar-refractivity contribution in [2.45, 2.75) is 32.0 Å². The van der Waals surface area contributed by atoms with E-state index in [1.807, 2.05) is 0 Å². The second-order valence-corrected chi connectivity index (χ2v) is 6.79. The molecule has 1 unspecified atom stereocenters. The number of esters is 1. The van der Waals surface area contributed by atoms with E-state index in [4.69, 9.17) is 9.47 Å². The van der Waals surface area contributed by atoms with Crippen molar-refractivity contribution < 1.29 is 37.0 Å². The molecule has 1 aliphatic rings. The van der Waals surface area contributed by atoms with Gasteiger partial charge in [0.2, 0.25) is 0 Å². The van der Waals surface area contributed by atoms with E-state index in [1.54, 1.807) is 19.1 Å². The molecule has 0 bridgehead atoms. The number of methoxy groups -OCH3 is 1. The maximum absolute atomic E-state index is 12.8. The monoisotopic (exact) mass is 416 g/mol. The number of nitrogens with zero attached hydrogens (tertiary/aromatic N) is 1.